The average molecular weight is 528 g/mol. The van der Waals surface area contributed by atoms with Gasteiger partial charge in [-0.25, -0.2) is 0 Å². The van der Waals surface area contributed by atoms with Crippen molar-refractivity contribution in [2.45, 2.75) is 40.0 Å². The Morgan fingerprint density at radius 1 is 0.647 bits per heavy atom. The van der Waals surface area contributed by atoms with Crippen molar-refractivity contribution in [3.05, 3.63) is 0 Å². The lowest BCUT2D eigenvalue weighted by molar-refractivity contribution is 0.294. The molecule has 0 atom stereocenters. The lowest BCUT2D eigenvalue weighted by Crippen LogP contribution is -1.86. The van der Waals surface area contributed by atoms with Gasteiger partial charge in [0.05, 0.1) is 0 Å². The summed E-state index contributed by atoms with van der Waals surface area (Å²) in [6, 6.07) is 0. The quantitative estimate of drug-likeness (QED) is 0.381. The summed E-state index contributed by atoms with van der Waals surface area (Å²) >= 11 is 13.1. The normalized spacial score (nSPS) is 8.82. The van der Waals surface area contributed by atoms with Gasteiger partial charge < -0.3 is 15.3 Å². The predicted octanol–water partition coefficient (Wildman–Crippen LogP) is 4.17. The van der Waals surface area contributed by atoms with Crippen LogP contribution in [0.5, 0.6) is 0 Å². The van der Waals surface area contributed by atoms with Gasteiger partial charge in [0, 0.05) is 19.8 Å². The van der Waals surface area contributed by atoms with Crippen LogP contribution in [-0.2, 0) is 0 Å². The van der Waals surface area contributed by atoms with E-state index in [1.54, 1.807) is 0 Å². The Balaban J connectivity index is -0.0000000667. The topological polar surface area (TPSA) is 60.7 Å². The molecule has 0 saturated heterocycles. The zero-order valence-electron chi connectivity index (χ0n) is 10.6. The van der Waals surface area contributed by atoms with Crippen LogP contribution in [0.15, 0.2) is 0 Å². The van der Waals surface area contributed by atoms with Crippen LogP contribution in [0.25, 0.3) is 0 Å². The molecule has 0 amide bonds. The van der Waals surface area contributed by atoms with Gasteiger partial charge in [-0.3, -0.25) is 0 Å². The lowest BCUT2D eigenvalue weighted by Gasteiger charge is -1.88. The van der Waals surface area contributed by atoms with Crippen molar-refractivity contribution in [2.24, 2.45) is 0 Å². The van der Waals surface area contributed by atoms with Gasteiger partial charge in [-0.2, -0.15) is 0 Å². The predicted molar refractivity (Wildman–Crippen MR) is 93.6 cm³/mol. The van der Waals surface area contributed by atoms with Crippen molar-refractivity contribution in [1.82, 2.24) is 0 Å². The highest BCUT2D eigenvalue weighted by Gasteiger charge is 2.14. The molecule has 0 aromatic carbocycles. The Morgan fingerprint density at radius 3 is 0.706 bits per heavy atom. The SMILES string of the molecule is Br[Si](Br)(Br)Br.CCCO.CCCO.CCCO. The van der Waals surface area contributed by atoms with E-state index in [2.05, 4.69) is 61.2 Å². The summed E-state index contributed by atoms with van der Waals surface area (Å²) in [6.45, 7) is 6.75. The second-order valence-corrected chi connectivity index (χ2v) is 36.9. The van der Waals surface area contributed by atoms with E-state index >= 15 is 0 Å². The molecule has 3 N–H and O–H groups in total. The van der Waals surface area contributed by atoms with Gasteiger partial charge in [0.15, 0.2) is 0 Å². The van der Waals surface area contributed by atoms with Gasteiger partial charge in [-0.05, 0) is 19.3 Å². The molecule has 0 bridgehead atoms. The highest BCUT2D eigenvalue weighted by molar-refractivity contribution is 9.90. The molecule has 17 heavy (non-hydrogen) atoms. The molecule has 0 aliphatic heterocycles. The smallest absolute Gasteiger partial charge is 0.336 e. The summed E-state index contributed by atoms with van der Waals surface area (Å²) in [6.07, 6.45) is 2.62. The number of aliphatic hydroxyl groups excluding tert-OH is 3. The van der Waals surface area contributed by atoms with E-state index in [4.69, 9.17) is 15.3 Å². The zero-order valence-corrected chi connectivity index (χ0v) is 17.9. The van der Waals surface area contributed by atoms with Crippen LogP contribution in [0.3, 0.4) is 0 Å². The molecule has 0 aromatic rings. The van der Waals surface area contributed by atoms with Crippen LogP contribution in [0.1, 0.15) is 40.0 Å². The summed E-state index contributed by atoms with van der Waals surface area (Å²) in [7, 11) is 0. The number of rotatable bonds is 3. The van der Waals surface area contributed by atoms with E-state index in [0.717, 1.165) is 19.3 Å². The molecule has 0 spiro atoms. The molecular formula is C9H24Br4O3Si. The third kappa shape index (κ3) is 184. The molecule has 110 valence electrons. The van der Waals surface area contributed by atoms with E-state index in [1.165, 1.54) is 0 Å². The molecule has 0 saturated carbocycles. The van der Waals surface area contributed by atoms with Crippen LogP contribution >= 0.6 is 61.2 Å². The fourth-order valence-electron chi connectivity index (χ4n) is 0. The maximum atomic E-state index is 7.88. The third-order valence-corrected chi connectivity index (χ3v) is 0.671. The molecule has 0 aromatic heterocycles. The molecule has 0 heterocycles. The van der Waals surface area contributed by atoms with E-state index in [1.807, 2.05) is 20.8 Å². The Hall–Kier alpha value is 2.02. The average Bonchev–Trinajstić information content (AvgIpc) is 2.27. The van der Waals surface area contributed by atoms with Crippen molar-refractivity contribution < 1.29 is 15.3 Å². The minimum atomic E-state index is -1.36. The number of halogens is 4. The van der Waals surface area contributed by atoms with Crippen molar-refractivity contribution in [1.29, 1.82) is 0 Å². The standard InChI is InChI=1S/3C3H8O.Br4Si/c3*1-2-3-4;1-5(2,3)4/h3*4H,2-3H2,1H3;. The van der Waals surface area contributed by atoms with Crippen LogP contribution < -0.4 is 0 Å². The van der Waals surface area contributed by atoms with Gasteiger partial charge >= 0.3 is 2.55 Å². The van der Waals surface area contributed by atoms with Gasteiger partial charge in [0.2, 0.25) is 0 Å². The number of hydrogen-bond acceptors (Lipinski definition) is 3. The molecular weight excluding hydrogens is 504 g/mol. The monoisotopic (exact) mass is 524 g/mol. The van der Waals surface area contributed by atoms with E-state index in [0.29, 0.717) is 19.8 Å². The first kappa shape index (κ1) is 27.4. The molecule has 0 unspecified atom stereocenters. The second kappa shape index (κ2) is 26.6. The summed E-state index contributed by atoms with van der Waals surface area (Å²) in [5.74, 6) is 0. The first-order chi connectivity index (χ1) is 7.74. The Kier molecular flexibility index (Phi) is 42.8. The molecule has 0 rings (SSSR count). The maximum Gasteiger partial charge on any atom is 0.336 e. The Morgan fingerprint density at radius 2 is 0.706 bits per heavy atom. The summed E-state index contributed by atoms with van der Waals surface area (Å²) in [5, 5.41) is 23.6. The highest BCUT2D eigenvalue weighted by Crippen LogP contribution is 2.33. The highest BCUT2D eigenvalue weighted by atomic mass is 80.0. The fourth-order valence-corrected chi connectivity index (χ4v) is 0. The fraction of sp³-hybridized carbons (Fsp3) is 1.00. The largest absolute Gasteiger partial charge is 0.396 e. The number of hydrogen-bond donors (Lipinski definition) is 3. The second-order valence-electron chi connectivity index (χ2n) is 2.60. The van der Waals surface area contributed by atoms with E-state index < -0.39 is 2.55 Å². The molecule has 3 nitrogen and oxygen atoms in total. The van der Waals surface area contributed by atoms with Crippen molar-refractivity contribution >= 4 is 63.7 Å². The van der Waals surface area contributed by atoms with Gasteiger partial charge in [-0.1, -0.05) is 81.9 Å². The van der Waals surface area contributed by atoms with Crippen molar-refractivity contribution in [3.8, 4) is 0 Å². The van der Waals surface area contributed by atoms with Crippen LogP contribution in [-0.4, -0.2) is 37.7 Å². The van der Waals surface area contributed by atoms with Crippen LogP contribution in [0, 0.1) is 0 Å². The molecule has 0 aliphatic carbocycles. The van der Waals surface area contributed by atoms with Gasteiger partial charge in [-0.15, -0.1) is 0 Å². The molecule has 0 radical (unpaired) electrons. The summed E-state index contributed by atoms with van der Waals surface area (Å²) < 4.78 is -1.36. The minimum Gasteiger partial charge on any atom is -0.396 e. The van der Waals surface area contributed by atoms with Crippen molar-refractivity contribution in [2.75, 3.05) is 19.8 Å². The van der Waals surface area contributed by atoms with E-state index in [-0.39, 0.29) is 0 Å². The van der Waals surface area contributed by atoms with Crippen LogP contribution in [0.2, 0.25) is 0 Å². The number of aliphatic hydroxyl groups is 3. The molecule has 8 heteroatoms. The zero-order chi connectivity index (χ0) is 14.7. The van der Waals surface area contributed by atoms with Crippen molar-refractivity contribution in [3.63, 3.8) is 0 Å². The summed E-state index contributed by atoms with van der Waals surface area (Å²) in [5.41, 5.74) is 0. The molecule has 0 aliphatic rings. The van der Waals surface area contributed by atoms with E-state index in [9.17, 15) is 0 Å². The Bertz CT molecular complexity index is 83.2. The Labute approximate surface area is 138 Å². The minimum absolute atomic E-state index is 0.319. The van der Waals surface area contributed by atoms with Gasteiger partial charge in [0.1, 0.15) is 0 Å². The lowest BCUT2D eigenvalue weighted by atomic mass is 10.5. The first-order valence-corrected chi connectivity index (χ1v) is 16.4. The first-order valence-electron chi connectivity index (χ1n) is 5.33. The maximum absolute atomic E-state index is 7.88. The van der Waals surface area contributed by atoms with Gasteiger partial charge in [0.25, 0.3) is 0 Å². The van der Waals surface area contributed by atoms with Crippen LogP contribution in [0.4, 0.5) is 0 Å². The third-order valence-electron chi connectivity index (χ3n) is 0.671. The summed E-state index contributed by atoms with van der Waals surface area (Å²) in [4.78, 5) is 0. The molecule has 0 fully saturated rings.